The highest BCUT2D eigenvalue weighted by molar-refractivity contribution is 5.92. The van der Waals surface area contributed by atoms with Crippen molar-refractivity contribution in [3.8, 4) is 0 Å². The Labute approximate surface area is 188 Å². The molecule has 7 nitrogen and oxygen atoms in total. The Kier molecular flexibility index (Phi) is 7.59. The lowest BCUT2D eigenvalue weighted by Crippen LogP contribution is -2.43. The molecule has 1 aliphatic heterocycles. The van der Waals surface area contributed by atoms with Gasteiger partial charge in [0.25, 0.3) is 0 Å². The number of piperidine rings is 1. The third kappa shape index (κ3) is 6.48. The molecule has 2 heterocycles. The molecule has 0 spiro atoms. The third-order valence-electron chi connectivity index (χ3n) is 5.42. The zero-order chi connectivity index (χ0) is 24.0. The van der Waals surface area contributed by atoms with Gasteiger partial charge in [-0.25, -0.2) is 4.79 Å². The number of aromatic amines is 1. The average Bonchev–Trinajstić information content (AvgIpc) is 3.26. The smallest absolute Gasteiger partial charge is 0.475 e. The maximum absolute atomic E-state index is 11.5. The molecule has 0 bridgehead atoms. The number of hydrogen-bond donors (Lipinski definition) is 4. The van der Waals surface area contributed by atoms with Gasteiger partial charge in [-0.15, -0.1) is 0 Å². The number of primary amides is 1. The summed E-state index contributed by atoms with van der Waals surface area (Å²) in [4.78, 5) is 26.1. The van der Waals surface area contributed by atoms with Crippen molar-refractivity contribution in [2.75, 3.05) is 18.0 Å². The number of nitrogens with zero attached hydrogens (tertiary/aromatic N) is 1. The Bertz CT molecular complexity index is 1110. The van der Waals surface area contributed by atoms with Gasteiger partial charge in [0.15, 0.2) is 0 Å². The van der Waals surface area contributed by atoms with Gasteiger partial charge in [-0.2, -0.15) is 13.2 Å². The molecule has 1 fully saturated rings. The van der Waals surface area contributed by atoms with Crippen LogP contribution in [0.5, 0.6) is 0 Å². The van der Waals surface area contributed by atoms with Gasteiger partial charge in [-0.3, -0.25) is 4.79 Å². The van der Waals surface area contributed by atoms with Crippen molar-refractivity contribution >= 4 is 28.5 Å². The molecule has 3 aromatic rings. The number of fused-ring (bicyclic) bond motifs is 1. The molecule has 0 aliphatic carbocycles. The van der Waals surface area contributed by atoms with Crippen molar-refractivity contribution in [2.45, 2.75) is 31.6 Å². The highest BCUT2D eigenvalue weighted by Crippen LogP contribution is 2.28. The van der Waals surface area contributed by atoms with Crippen LogP contribution in [0.15, 0.2) is 54.7 Å². The monoisotopic (exact) mass is 462 g/mol. The molecule has 1 aliphatic rings. The number of alkyl halides is 3. The van der Waals surface area contributed by atoms with Gasteiger partial charge >= 0.3 is 12.1 Å². The summed E-state index contributed by atoms with van der Waals surface area (Å²) in [5, 5.41) is 11.8. The standard InChI is InChI=1S/C21H24N4O.C2HF3O2/c22-21(26)17-3-1-2-15(12-17)14-25(18-7-9-23-10-8-18)19-4-5-20-16(13-19)6-11-24-20;3-2(4,5)1(6)7/h1-6,11-13,18,23-24H,7-10,14H2,(H2,22,26);(H,6,7). The van der Waals surface area contributed by atoms with Crippen LogP contribution in [0.1, 0.15) is 28.8 Å². The van der Waals surface area contributed by atoms with Crippen molar-refractivity contribution in [2.24, 2.45) is 5.73 Å². The quantitative estimate of drug-likeness (QED) is 0.463. The summed E-state index contributed by atoms with van der Waals surface area (Å²) in [5.74, 6) is -3.14. The first-order valence-corrected chi connectivity index (χ1v) is 10.4. The average molecular weight is 462 g/mol. The number of hydrogen-bond acceptors (Lipinski definition) is 4. The number of nitrogens with two attached hydrogens (primary N) is 1. The summed E-state index contributed by atoms with van der Waals surface area (Å²) in [7, 11) is 0. The summed E-state index contributed by atoms with van der Waals surface area (Å²) in [6.45, 7) is 2.84. The van der Waals surface area contributed by atoms with Crippen LogP contribution in [-0.4, -0.2) is 47.3 Å². The first kappa shape index (κ1) is 24.1. The van der Waals surface area contributed by atoms with Gasteiger partial charge in [0.2, 0.25) is 5.91 Å². The van der Waals surface area contributed by atoms with E-state index in [1.54, 1.807) is 6.07 Å². The number of benzene rings is 2. The molecule has 176 valence electrons. The number of amides is 1. The van der Waals surface area contributed by atoms with E-state index in [1.165, 1.54) is 11.1 Å². The Morgan fingerprint density at radius 2 is 1.79 bits per heavy atom. The van der Waals surface area contributed by atoms with E-state index in [0.717, 1.165) is 43.6 Å². The van der Waals surface area contributed by atoms with Crippen LogP contribution in [0.4, 0.5) is 18.9 Å². The minimum atomic E-state index is -5.08. The Balaban J connectivity index is 0.000000383. The molecular formula is C23H25F3N4O3. The summed E-state index contributed by atoms with van der Waals surface area (Å²) in [6.07, 6.45) is -0.888. The molecule has 0 radical (unpaired) electrons. The number of carboxylic acids is 1. The molecule has 0 unspecified atom stereocenters. The first-order valence-electron chi connectivity index (χ1n) is 10.4. The summed E-state index contributed by atoms with van der Waals surface area (Å²) in [6, 6.07) is 16.8. The lowest BCUT2D eigenvalue weighted by molar-refractivity contribution is -0.192. The van der Waals surface area contributed by atoms with E-state index < -0.39 is 12.1 Å². The van der Waals surface area contributed by atoms with Crippen molar-refractivity contribution < 1.29 is 27.9 Å². The topological polar surface area (TPSA) is 111 Å². The van der Waals surface area contributed by atoms with Crippen molar-refractivity contribution in [3.05, 3.63) is 65.9 Å². The van der Waals surface area contributed by atoms with Gasteiger partial charge in [0, 0.05) is 40.9 Å². The van der Waals surface area contributed by atoms with Crippen LogP contribution in [0.25, 0.3) is 10.9 Å². The second-order valence-corrected chi connectivity index (χ2v) is 7.73. The summed E-state index contributed by atoms with van der Waals surface area (Å²) >= 11 is 0. The highest BCUT2D eigenvalue weighted by Gasteiger charge is 2.38. The highest BCUT2D eigenvalue weighted by atomic mass is 19.4. The third-order valence-corrected chi connectivity index (χ3v) is 5.42. The van der Waals surface area contributed by atoms with Crippen LogP contribution in [0, 0.1) is 0 Å². The lowest BCUT2D eigenvalue weighted by Gasteiger charge is -2.36. The van der Waals surface area contributed by atoms with E-state index in [9.17, 15) is 18.0 Å². The first-order chi connectivity index (χ1) is 15.6. The van der Waals surface area contributed by atoms with E-state index in [0.29, 0.717) is 11.6 Å². The van der Waals surface area contributed by atoms with Crippen LogP contribution in [-0.2, 0) is 11.3 Å². The van der Waals surface area contributed by atoms with Crippen LogP contribution in [0.2, 0.25) is 0 Å². The minimum Gasteiger partial charge on any atom is -0.475 e. The van der Waals surface area contributed by atoms with E-state index >= 15 is 0 Å². The van der Waals surface area contributed by atoms with E-state index in [4.69, 9.17) is 15.6 Å². The summed E-state index contributed by atoms with van der Waals surface area (Å²) in [5.41, 5.74) is 9.49. The fourth-order valence-corrected chi connectivity index (χ4v) is 3.79. The van der Waals surface area contributed by atoms with E-state index in [1.807, 2.05) is 18.3 Å². The molecule has 2 aromatic carbocycles. The number of aromatic nitrogens is 1. The zero-order valence-corrected chi connectivity index (χ0v) is 17.7. The normalized spacial score (nSPS) is 14.4. The minimum absolute atomic E-state index is 0.381. The number of anilines is 1. The van der Waals surface area contributed by atoms with E-state index in [-0.39, 0.29) is 5.91 Å². The van der Waals surface area contributed by atoms with Crippen LogP contribution < -0.4 is 16.0 Å². The number of carbonyl (C=O) groups excluding carboxylic acids is 1. The van der Waals surface area contributed by atoms with Crippen LogP contribution in [0.3, 0.4) is 0 Å². The molecule has 0 atom stereocenters. The van der Waals surface area contributed by atoms with Gasteiger partial charge < -0.3 is 26.0 Å². The molecule has 1 aromatic heterocycles. The Morgan fingerprint density at radius 3 is 2.42 bits per heavy atom. The fraction of sp³-hybridized carbons (Fsp3) is 0.304. The van der Waals surface area contributed by atoms with Gasteiger partial charge in [-0.05, 0) is 67.9 Å². The Morgan fingerprint density at radius 1 is 1.09 bits per heavy atom. The molecule has 1 amide bonds. The van der Waals surface area contributed by atoms with Crippen LogP contribution >= 0.6 is 0 Å². The number of aliphatic carboxylic acids is 1. The second-order valence-electron chi connectivity index (χ2n) is 7.73. The second kappa shape index (κ2) is 10.4. The van der Waals surface area contributed by atoms with E-state index in [2.05, 4.69) is 45.5 Å². The molecule has 33 heavy (non-hydrogen) atoms. The number of carbonyl (C=O) groups is 2. The lowest BCUT2D eigenvalue weighted by atomic mass is 10.0. The largest absolute Gasteiger partial charge is 0.490 e. The zero-order valence-electron chi connectivity index (χ0n) is 17.7. The molecule has 5 N–H and O–H groups in total. The number of halogens is 3. The van der Waals surface area contributed by atoms with Crippen molar-refractivity contribution in [3.63, 3.8) is 0 Å². The SMILES string of the molecule is NC(=O)c1cccc(CN(c2ccc3[nH]ccc3c2)C2CCNCC2)c1.O=C(O)C(F)(F)F. The molecule has 1 saturated heterocycles. The molecule has 4 rings (SSSR count). The summed E-state index contributed by atoms with van der Waals surface area (Å²) < 4.78 is 31.7. The fourth-order valence-electron chi connectivity index (χ4n) is 3.79. The van der Waals surface area contributed by atoms with Gasteiger partial charge in [0.05, 0.1) is 0 Å². The maximum atomic E-state index is 11.5. The van der Waals surface area contributed by atoms with Gasteiger partial charge in [-0.1, -0.05) is 12.1 Å². The van der Waals surface area contributed by atoms with Crippen molar-refractivity contribution in [1.82, 2.24) is 10.3 Å². The predicted octanol–water partition coefficient (Wildman–Crippen LogP) is 3.66. The number of carboxylic acid groups (broad SMARTS) is 1. The van der Waals surface area contributed by atoms with Gasteiger partial charge in [0.1, 0.15) is 0 Å². The number of nitrogens with one attached hydrogen (secondary N) is 2. The molecule has 10 heteroatoms. The number of rotatable bonds is 5. The van der Waals surface area contributed by atoms with Crippen molar-refractivity contribution in [1.29, 1.82) is 0 Å². The maximum Gasteiger partial charge on any atom is 0.490 e. The predicted molar refractivity (Wildman–Crippen MR) is 119 cm³/mol. The molecule has 0 saturated carbocycles. The molecular weight excluding hydrogens is 437 g/mol. The Hall–Kier alpha value is -3.53. The number of H-pyrrole nitrogens is 1.